The third kappa shape index (κ3) is 8.44. The molecule has 12 heteroatoms. The number of hydrogen-bond acceptors (Lipinski definition) is 9. The van der Waals surface area contributed by atoms with E-state index >= 15 is 0 Å². The number of anilines is 1. The second-order valence-corrected chi connectivity index (χ2v) is 13.5. The zero-order valence-corrected chi connectivity index (χ0v) is 28.3. The Morgan fingerprint density at radius 2 is 1.65 bits per heavy atom. The summed E-state index contributed by atoms with van der Waals surface area (Å²) < 4.78 is 0. The average molecular weight is 664 g/mol. The van der Waals surface area contributed by atoms with Crippen LogP contribution >= 0.6 is 0 Å². The van der Waals surface area contributed by atoms with Crippen LogP contribution < -0.4 is 11.1 Å². The molecule has 0 radical (unpaired) electrons. The van der Waals surface area contributed by atoms with Gasteiger partial charge in [0.1, 0.15) is 11.5 Å². The van der Waals surface area contributed by atoms with Crippen molar-refractivity contribution in [3.05, 3.63) is 77.6 Å². The van der Waals surface area contributed by atoms with Gasteiger partial charge in [-0.1, -0.05) is 24.3 Å². The van der Waals surface area contributed by atoms with E-state index in [1.54, 1.807) is 18.3 Å². The number of nitrogens with two attached hydrogens (primary N) is 1. The highest BCUT2D eigenvalue weighted by molar-refractivity contribution is 5.96. The molecule has 1 aliphatic carbocycles. The molecule has 1 atom stereocenters. The smallest absolute Gasteiger partial charge is 0.272 e. The fourth-order valence-electron chi connectivity index (χ4n) is 6.87. The van der Waals surface area contributed by atoms with E-state index in [0.717, 1.165) is 66.6 Å². The van der Waals surface area contributed by atoms with Gasteiger partial charge in [0.15, 0.2) is 0 Å². The number of piperazine rings is 1. The standard InChI is InChI=1S/C37H45N9O3/c1-24-19-33(37(49)46-17-15-45(2)16-18-46)39-23-32(24)27-7-3-25(4-8-27)20-30(21-34(47)28-9-5-26(22-38)6-10-28)36(48)40-31-13-11-29(12-14-31)35-41-43-44-42-35/h3-4,7-8,11-14,19,23,26,28,30H,5-6,9-10,15-18,20-22,38H2,1-2H3,(H,40,48)(H,41,42,43,44)/t26?,28?,30-/m1/s1. The Labute approximate surface area is 286 Å². The maximum Gasteiger partial charge on any atom is 0.272 e. The molecule has 0 spiro atoms. The number of carbonyl (C=O) groups is 3. The van der Waals surface area contributed by atoms with Crippen LogP contribution in [-0.2, 0) is 16.0 Å². The first-order valence-electron chi connectivity index (χ1n) is 17.2. The molecule has 3 heterocycles. The number of ketones is 1. The Morgan fingerprint density at radius 3 is 2.29 bits per heavy atom. The second kappa shape index (κ2) is 15.6. The lowest BCUT2D eigenvalue weighted by molar-refractivity contribution is -0.129. The topological polar surface area (TPSA) is 163 Å². The molecule has 12 nitrogen and oxygen atoms in total. The number of nitrogens with one attached hydrogen (secondary N) is 2. The number of hydrogen-bond donors (Lipinski definition) is 3. The normalized spacial score (nSPS) is 19.0. The number of aromatic nitrogens is 5. The molecule has 2 aliphatic rings. The first-order valence-corrected chi connectivity index (χ1v) is 17.2. The van der Waals surface area contributed by atoms with Crippen LogP contribution in [0.4, 0.5) is 5.69 Å². The van der Waals surface area contributed by atoms with Gasteiger partial charge in [0.25, 0.3) is 5.91 Å². The van der Waals surface area contributed by atoms with E-state index in [4.69, 9.17) is 5.73 Å². The average Bonchev–Trinajstić information content (AvgIpc) is 3.67. The molecule has 0 bridgehead atoms. The SMILES string of the molecule is Cc1cc(C(=O)N2CCN(C)CC2)ncc1-c1ccc(C[C@H](CC(=O)C2CCC(CN)CC2)C(=O)Nc2ccc(-c3nn[nH]n3)cc2)cc1. The lowest BCUT2D eigenvalue weighted by Gasteiger charge is -2.32. The first kappa shape index (κ1) is 34.1. The fraction of sp³-hybridized carbons (Fsp3) is 0.432. The van der Waals surface area contributed by atoms with Gasteiger partial charge in [0.2, 0.25) is 11.7 Å². The molecular weight excluding hydrogens is 618 g/mol. The van der Waals surface area contributed by atoms with E-state index in [-0.39, 0.29) is 29.9 Å². The third-order valence-corrected chi connectivity index (χ3v) is 10.1. The molecule has 0 unspecified atom stereocenters. The minimum atomic E-state index is -0.536. The van der Waals surface area contributed by atoms with Crippen LogP contribution in [0, 0.1) is 24.7 Å². The summed E-state index contributed by atoms with van der Waals surface area (Å²) in [5.41, 5.74) is 11.6. The van der Waals surface area contributed by atoms with Crippen molar-refractivity contribution in [2.45, 2.75) is 45.4 Å². The van der Waals surface area contributed by atoms with E-state index in [0.29, 0.717) is 49.2 Å². The summed E-state index contributed by atoms with van der Waals surface area (Å²) in [4.78, 5) is 48.9. The summed E-state index contributed by atoms with van der Waals surface area (Å²) >= 11 is 0. The predicted molar refractivity (Wildman–Crippen MR) is 187 cm³/mol. The first-order chi connectivity index (χ1) is 23.8. The van der Waals surface area contributed by atoms with E-state index in [9.17, 15) is 14.4 Å². The Morgan fingerprint density at radius 1 is 0.959 bits per heavy atom. The third-order valence-electron chi connectivity index (χ3n) is 10.1. The number of nitrogens with zero attached hydrogens (tertiary/aromatic N) is 6. The quantitative estimate of drug-likeness (QED) is 0.214. The van der Waals surface area contributed by atoms with Crippen molar-refractivity contribution in [1.29, 1.82) is 0 Å². The van der Waals surface area contributed by atoms with Crippen molar-refractivity contribution in [2.75, 3.05) is 45.1 Å². The maximum atomic E-state index is 13.7. The lowest BCUT2D eigenvalue weighted by Crippen LogP contribution is -2.47. The summed E-state index contributed by atoms with van der Waals surface area (Å²) in [6, 6.07) is 17.2. The molecule has 2 aromatic carbocycles. The Kier molecular flexibility index (Phi) is 10.8. The number of H-pyrrole nitrogens is 1. The molecule has 1 saturated heterocycles. The number of tetrazole rings is 1. The molecule has 256 valence electrons. The van der Waals surface area contributed by atoms with Crippen LogP contribution in [0.1, 0.15) is 53.7 Å². The van der Waals surface area contributed by atoms with Crippen LogP contribution in [-0.4, -0.2) is 92.8 Å². The van der Waals surface area contributed by atoms with Crippen LogP contribution in [0.2, 0.25) is 0 Å². The van der Waals surface area contributed by atoms with Crippen molar-refractivity contribution in [2.24, 2.45) is 23.5 Å². The number of Topliss-reactive ketones (excluding diaryl/α,β-unsaturated/α-hetero) is 1. The molecule has 2 amide bonds. The van der Waals surface area contributed by atoms with E-state index in [1.807, 2.05) is 54.3 Å². The Hall–Kier alpha value is -4.81. The largest absolute Gasteiger partial charge is 0.335 e. The van der Waals surface area contributed by atoms with Crippen molar-refractivity contribution >= 4 is 23.3 Å². The Balaban J connectivity index is 1.15. The van der Waals surface area contributed by atoms with Gasteiger partial charge < -0.3 is 20.9 Å². The van der Waals surface area contributed by atoms with Gasteiger partial charge >= 0.3 is 0 Å². The summed E-state index contributed by atoms with van der Waals surface area (Å²) in [5.74, 6) is 0.294. The zero-order chi connectivity index (χ0) is 34.3. The van der Waals surface area contributed by atoms with Gasteiger partial charge in [-0.05, 0) is 111 Å². The Bertz CT molecular complexity index is 1730. The van der Waals surface area contributed by atoms with Gasteiger partial charge in [-0.15, -0.1) is 10.2 Å². The van der Waals surface area contributed by atoms with Crippen LogP contribution in [0.25, 0.3) is 22.5 Å². The van der Waals surface area contributed by atoms with Gasteiger partial charge in [-0.25, -0.2) is 0 Å². The molecule has 49 heavy (non-hydrogen) atoms. The molecular formula is C37H45N9O3. The molecule has 1 aliphatic heterocycles. The molecule has 1 saturated carbocycles. The lowest BCUT2D eigenvalue weighted by atomic mass is 9.77. The zero-order valence-electron chi connectivity index (χ0n) is 28.3. The number of rotatable bonds is 11. The number of carbonyl (C=O) groups excluding carboxylic acids is 3. The number of aromatic amines is 1. The van der Waals surface area contributed by atoms with Gasteiger partial charge in [-0.2, -0.15) is 5.21 Å². The van der Waals surface area contributed by atoms with E-state index in [2.05, 4.69) is 42.9 Å². The van der Waals surface area contributed by atoms with Gasteiger partial charge in [-0.3, -0.25) is 19.4 Å². The summed E-state index contributed by atoms with van der Waals surface area (Å²) in [7, 11) is 2.06. The van der Waals surface area contributed by atoms with Crippen molar-refractivity contribution in [1.82, 2.24) is 35.4 Å². The van der Waals surface area contributed by atoms with Crippen LogP contribution in [0.3, 0.4) is 0 Å². The number of likely N-dealkylation sites (N-methyl/N-ethyl adjacent to an activating group) is 1. The number of pyridine rings is 1. The molecule has 4 N–H and O–H groups in total. The minimum absolute atomic E-state index is 0.0312. The monoisotopic (exact) mass is 663 g/mol. The van der Waals surface area contributed by atoms with Gasteiger partial charge in [0, 0.05) is 67.4 Å². The highest BCUT2D eigenvalue weighted by Crippen LogP contribution is 2.31. The molecule has 6 rings (SSSR count). The van der Waals surface area contributed by atoms with Crippen molar-refractivity contribution in [3.8, 4) is 22.5 Å². The second-order valence-electron chi connectivity index (χ2n) is 13.5. The summed E-state index contributed by atoms with van der Waals surface area (Å²) in [6.45, 7) is 5.77. The highest BCUT2D eigenvalue weighted by atomic mass is 16.2. The highest BCUT2D eigenvalue weighted by Gasteiger charge is 2.30. The van der Waals surface area contributed by atoms with E-state index in [1.165, 1.54) is 0 Å². The van der Waals surface area contributed by atoms with Crippen molar-refractivity contribution in [3.63, 3.8) is 0 Å². The van der Waals surface area contributed by atoms with E-state index < -0.39 is 5.92 Å². The summed E-state index contributed by atoms with van der Waals surface area (Å²) in [6.07, 6.45) is 5.94. The molecule has 4 aromatic rings. The predicted octanol–water partition coefficient (Wildman–Crippen LogP) is 4.15. The fourth-order valence-corrected chi connectivity index (χ4v) is 6.87. The molecule has 2 aromatic heterocycles. The maximum absolute atomic E-state index is 13.7. The number of amides is 2. The van der Waals surface area contributed by atoms with Crippen LogP contribution in [0.5, 0.6) is 0 Å². The van der Waals surface area contributed by atoms with Crippen molar-refractivity contribution < 1.29 is 14.4 Å². The summed E-state index contributed by atoms with van der Waals surface area (Å²) in [5, 5.41) is 17.1. The minimum Gasteiger partial charge on any atom is -0.335 e. The number of aryl methyl sites for hydroxylation is 1. The molecule has 2 fully saturated rings. The number of benzene rings is 2. The van der Waals surface area contributed by atoms with Gasteiger partial charge in [0.05, 0.1) is 0 Å². The van der Waals surface area contributed by atoms with Crippen LogP contribution in [0.15, 0.2) is 60.8 Å².